The zero-order chi connectivity index (χ0) is 14.9. The van der Waals surface area contributed by atoms with Gasteiger partial charge in [-0.2, -0.15) is 4.31 Å². The van der Waals surface area contributed by atoms with Gasteiger partial charge in [0.05, 0.1) is 6.54 Å². The van der Waals surface area contributed by atoms with Crippen LogP contribution in [-0.2, 0) is 16.6 Å². The molecule has 2 rings (SSSR count). The monoisotopic (exact) mass is 377 g/mol. The maximum Gasteiger partial charge on any atom is 0.254 e. The Kier molecular flexibility index (Phi) is 4.73. The molecule has 0 amide bonds. The fourth-order valence-corrected chi connectivity index (χ4v) is 5.87. The number of hydrogen-bond donors (Lipinski definition) is 0. The van der Waals surface area contributed by atoms with Crippen molar-refractivity contribution in [2.24, 2.45) is 0 Å². The van der Waals surface area contributed by atoms with Crippen molar-refractivity contribution in [2.75, 3.05) is 0 Å². The van der Waals surface area contributed by atoms with Crippen LogP contribution in [0.5, 0.6) is 0 Å². The number of sulfonamides is 1. The molecule has 4 nitrogen and oxygen atoms in total. The van der Waals surface area contributed by atoms with Crippen molar-refractivity contribution in [3.63, 3.8) is 0 Å². The Labute approximate surface area is 131 Å². The zero-order valence-electron chi connectivity index (χ0n) is 11.5. The normalized spacial score (nSPS) is 12.5. The number of rotatable bonds is 5. The Bertz CT molecular complexity index is 688. The summed E-state index contributed by atoms with van der Waals surface area (Å²) in [7, 11) is -3.53. The first-order valence-corrected chi connectivity index (χ1v) is 9.24. The fraction of sp³-hybridized carbons (Fsp3) is 0.385. The summed E-state index contributed by atoms with van der Waals surface area (Å²) in [5.74, 6) is 1.42. The minimum absolute atomic E-state index is 0.153. The minimum atomic E-state index is -3.53. The molecule has 0 aliphatic heterocycles. The van der Waals surface area contributed by atoms with Crippen molar-refractivity contribution in [2.45, 2.75) is 37.6 Å². The maximum atomic E-state index is 12.7. The van der Waals surface area contributed by atoms with E-state index in [0.29, 0.717) is 14.4 Å². The van der Waals surface area contributed by atoms with E-state index in [9.17, 15) is 8.42 Å². The number of hydrogen-bond acceptors (Lipinski definition) is 4. The van der Waals surface area contributed by atoms with Gasteiger partial charge in [0.25, 0.3) is 10.0 Å². The predicted molar refractivity (Wildman–Crippen MR) is 83.3 cm³/mol. The van der Waals surface area contributed by atoms with Crippen LogP contribution in [-0.4, -0.2) is 18.8 Å². The van der Waals surface area contributed by atoms with Gasteiger partial charge in [-0.1, -0.05) is 0 Å². The second kappa shape index (κ2) is 6.01. The molecular weight excluding hydrogens is 362 g/mol. The lowest BCUT2D eigenvalue weighted by Crippen LogP contribution is -2.36. The van der Waals surface area contributed by atoms with Gasteiger partial charge in [-0.15, -0.1) is 11.3 Å². The van der Waals surface area contributed by atoms with Crippen LogP contribution in [0.3, 0.4) is 0 Å². The molecular formula is C13H16BrNO3S2. The third-order valence-electron chi connectivity index (χ3n) is 2.81. The highest BCUT2D eigenvalue weighted by Gasteiger charge is 2.30. The quantitative estimate of drug-likeness (QED) is 0.790. The van der Waals surface area contributed by atoms with Crippen molar-refractivity contribution in [1.82, 2.24) is 4.31 Å². The van der Waals surface area contributed by atoms with E-state index in [-0.39, 0.29) is 12.6 Å². The van der Waals surface area contributed by atoms with Gasteiger partial charge in [-0.05, 0) is 60.3 Å². The van der Waals surface area contributed by atoms with Crippen LogP contribution in [0, 0.1) is 6.92 Å². The second-order valence-corrected chi connectivity index (χ2v) is 8.57. The van der Waals surface area contributed by atoms with Gasteiger partial charge in [-0.25, -0.2) is 8.42 Å². The lowest BCUT2D eigenvalue weighted by atomic mass is 10.3. The Morgan fingerprint density at radius 1 is 1.35 bits per heavy atom. The average Bonchev–Trinajstić information content (AvgIpc) is 2.94. The lowest BCUT2D eigenvalue weighted by molar-refractivity contribution is 0.315. The second-order valence-electron chi connectivity index (χ2n) is 4.71. The molecule has 0 unspecified atom stereocenters. The van der Waals surface area contributed by atoms with Crippen molar-refractivity contribution >= 4 is 37.3 Å². The lowest BCUT2D eigenvalue weighted by Gasteiger charge is -2.24. The molecule has 0 saturated heterocycles. The molecule has 2 aromatic rings. The standard InChI is InChI=1S/C13H16BrNO3S2/c1-9(2)15(8-11-5-4-10(3)18-11)20(16,17)13-12(14)6-7-19-13/h4-7,9H,8H2,1-3H3. The minimum Gasteiger partial charge on any atom is -0.465 e. The van der Waals surface area contributed by atoms with E-state index in [2.05, 4.69) is 15.9 Å². The van der Waals surface area contributed by atoms with Crippen molar-refractivity contribution in [3.05, 3.63) is 39.6 Å². The van der Waals surface area contributed by atoms with Crippen molar-refractivity contribution < 1.29 is 12.8 Å². The van der Waals surface area contributed by atoms with E-state index >= 15 is 0 Å². The van der Waals surface area contributed by atoms with E-state index in [1.165, 1.54) is 15.6 Å². The van der Waals surface area contributed by atoms with Gasteiger partial charge in [0.1, 0.15) is 15.7 Å². The summed E-state index contributed by atoms with van der Waals surface area (Å²) in [5, 5.41) is 1.76. The number of nitrogens with zero attached hydrogens (tertiary/aromatic N) is 1. The summed E-state index contributed by atoms with van der Waals surface area (Å²) in [5.41, 5.74) is 0. The molecule has 0 aliphatic carbocycles. The first-order valence-electron chi connectivity index (χ1n) is 6.12. The van der Waals surface area contributed by atoms with Crippen molar-refractivity contribution in [3.8, 4) is 0 Å². The van der Waals surface area contributed by atoms with Gasteiger partial charge >= 0.3 is 0 Å². The van der Waals surface area contributed by atoms with E-state index < -0.39 is 10.0 Å². The van der Waals surface area contributed by atoms with Gasteiger partial charge < -0.3 is 4.42 Å². The first-order chi connectivity index (χ1) is 9.32. The molecule has 0 N–H and O–H groups in total. The zero-order valence-corrected chi connectivity index (χ0v) is 14.7. The van der Waals surface area contributed by atoms with Crippen molar-refractivity contribution in [1.29, 1.82) is 0 Å². The highest BCUT2D eigenvalue weighted by molar-refractivity contribution is 9.10. The number of halogens is 1. The van der Waals surface area contributed by atoms with Crippen LogP contribution in [0.25, 0.3) is 0 Å². The summed E-state index contributed by atoms with van der Waals surface area (Å²) >= 11 is 4.50. The van der Waals surface area contributed by atoms with E-state index in [1.54, 1.807) is 11.4 Å². The summed E-state index contributed by atoms with van der Waals surface area (Å²) in [6, 6.07) is 5.23. The molecule has 0 radical (unpaired) electrons. The van der Waals surface area contributed by atoms with Gasteiger partial charge in [0.15, 0.2) is 0 Å². The molecule has 0 fully saturated rings. The molecule has 0 bridgehead atoms. The summed E-state index contributed by atoms with van der Waals surface area (Å²) in [6.45, 7) is 5.79. The number of thiophene rings is 1. The Hall–Kier alpha value is -0.630. The summed E-state index contributed by atoms with van der Waals surface area (Å²) in [6.07, 6.45) is 0. The molecule has 2 heterocycles. The molecule has 0 spiro atoms. The molecule has 110 valence electrons. The highest BCUT2D eigenvalue weighted by atomic mass is 79.9. The molecule has 0 aliphatic rings. The average molecular weight is 378 g/mol. The van der Waals surface area contributed by atoms with Crippen LogP contribution >= 0.6 is 27.3 Å². The van der Waals surface area contributed by atoms with Gasteiger partial charge in [-0.3, -0.25) is 0 Å². The van der Waals surface area contributed by atoms with Crippen LogP contribution < -0.4 is 0 Å². The highest BCUT2D eigenvalue weighted by Crippen LogP contribution is 2.32. The Morgan fingerprint density at radius 3 is 2.50 bits per heavy atom. The topological polar surface area (TPSA) is 50.5 Å². The van der Waals surface area contributed by atoms with E-state index in [4.69, 9.17) is 4.42 Å². The Balaban J connectivity index is 2.36. The molecule has 0 saturated carbocycles. The summed E-state index contributed by atoms with van der Waals surface area (Å²) in [4.78, 5) is 0. The number of furan rings is 1. The third kappa shape index (κ3) is 3.16. The van der Waals surface area contributed by atoms with E-state index in [0.717, 1.165) is 5.76 Å². The van der Waals surface area contributed by atoms with Crippen LogP contribution in [0.1, 0.15) is 25.4 Å². The first kappa shape index (κ1) is 15.8. The Morgan fingerprint density at radius 2 is 2.05 bits per heavy atom. The number of aryl methyl sites for hydroxylation is 1. The summed E-state index contributed by atoms with van der Waals surface area (Å²) < 4.78 is 33.3. The molecule has 20 heavy (non-hydrogen) atoms. The van der Waals surface area contributed by atoms with Crippen LogP contribution in [0.2, 0.25) is 0 Å². The third-order valence-corrected chi connectivity index (χ3v) is 7.48. The maximum absolute atomic E-state index is 12.7. The van der Waals surface area contributed by atoms with Gasteiger partial charge in [0, 0.05) is 10.5 Å². The van der Waals surface area contributed by atoms with Crippen LogP contribution in [0.15, 0.2) is 36.7 Å². The molecule has 0 aromatic carbocycles. The molecule has 2 aromatic heterocycles. The molecule has 7 heteroatoms. The largest absolute Gasteiger partial charge is 0.465 e. The fourth-order valence-electron chi connectivity index (χ4n) is 1.84. The smallest absolute Gasteiger partial charge is 0.254 e. The molecule has 0 atom stereocenters. The van der Waals surface area contributed by atoms with Crippen LogP contribution in [0.4, 0.5) is 0 Å². The SMILES string of the molecule is Cc1ccc(CN(C(C)C)S(=O)(=O)c2sccc2Br)o1. The van der Waals surface area contributed by atoms with E-state index in [1.807, 2.05) is 32.9 Å². The predicted octanol–water partition coefficient (Wildman–Crippen LogP) is 4.01. The van der Waals surface area contributed by atoms with Gasteiger partial charge in [0.2, 0.25) is 0 Å².